The van der Waals surface area contributed by atoms with Crippen LogP contribution < -0.4 is 20.1 Å². The van der Waals surface area contributed by atoms with Gasteiger partial charge in [0.2, 0.25) is 0 Å². The van der Waals surface area contributed by atoms with E-state index >= 15 is 0 Å². The molecule has 2 N–H and O–H groups in total. The molecule has 29 heavy (non-hydrogen) atoms. The molecule has 1 heterocycles. The first-order chi connectivity index (χ1) is 14.1. The topological polar surface area (TPSA) is 72.5 Å². The van der Waals surface area contributed by atoms with Crippen molar-refractivity contribution in [3.63, 3.8) is 0 Å². The molecule has 6 nitrogen and oxygen atoms in total. The molecule has 0 aliphatic heterocycles. The number of rotatable bonds is 9. The molecule has 3 rings (SSSR count). The smallest absolute Gasteiger partial charge is 0.251 e. The lowest BCUT2D eigenvalue weighted by Gasteiger charge is -2.10. The molecule has 3 aromatic rings. The highest BCUT2D eigenvalue weighted by Crippen LogP contribution is 2.17. The first-order valence-electron chi connectivity index (χ1n) is 9.44. The number of aromatic nitrogens is 1. The van der Waals surface area contributed by atoms with Crippen molar-refractivity contribution in [1.82, 2.24) is 10.3 Å². The number of nitrogens with zero attached hydrogens (tertiary/aromatic N) is 1. The van der Waals surface area contributed by atoms with E-state index in [0.717, 1.165) is 17.1 Å². The van der Waals surface area contributed by atoms with E-state index < -0.39 is 0 Å². The summed E-state index contributed by atoms with van der Waals surface area (Å²) in [4.78, 5) is 16.7. The van der Waals surface area contributed by atoms with Crippen LogP contribution in [0.2, 0.25) is 0 Å². The van der Waals surface area contributed by atoms with E-state index in [1.165, 1.54) is 5.56 Å². The maximum atomic E-state index is 12.4. The average Bonchev–Trinajstić information content (AvgIpc) is 2.76. The standard InChI is InChI=1S/C23H25N3O3/c1-17-4-3-5-18(14-17)16-26-23(27)19-10-11-24-22(15-19)25-12-13-29-21-8-6-20(28-2)7-9-21/h3-11,14-15H,12-13,16H2,1-2H3,(H,24,25)(H,26,27). The molecule has 0 bridgehead atoms. The van der Waals surface area contributed by atoms with Crippen LogP contribution in [0.3, 0.4) is 0 Å². The van der Waals surface area contributed by atoms with Gasteiger partial charge in [0, 0.05) is 18.3 Å². The molecule has 0 radical (unpaired) electrons. The zero-order valence-corrected chi connectivity index (χ0v) is 16.6. The van der Waals surface area contributed by atoms with Crippen LogP contribution in [0.5, 0.6) is 11.5 Å². The van der Waals surface area contributed by atoms with Gasteiger partial charge < -0.3 is 20.1 Å². The zero-order chi connectivity index (χ0) is 20.5. The van der Waals surface area contributed by atoms with E-state index in [2.05, 4.69) is 21.7 Å². The molecule has 0 saturated carbocycles. The molecule has 1 aromatic heterocycles. The van der Waals surface area contributed by atoms with Crippen LogP contribution in [0.1, 0.15) is 21.5 Å². The Morgan fingerprint density at radius 1 is 1.03 bits per heavy atom. The lowest BCUT2D eigenvalue weighted by atomic mass is 10.1. The van der Waals surface area contributed by atoms with Gasteiger partial charge in [-0.05, 0) is 48.9 Å². The summed E-state index contributed by atoms with van der Waals surface area (Å²) >= 11 is 0. The Hall–Kier alpha value is -3.54. The largest absolute Gasteiger partial charge is 0.497 e. The van der Waals surface area contributed by atoms with Crippen molar-refractivity contribution in [2.75, 3.05) is 25.6 Å². The molecule has 0 saturated heterocycles. The fourth-order valence-corrected chi connectivity index (χ4v) is 2.79. The van der Waals surface area contributed by atoms with Crippen molar-refractivity contribution in [2.45, 2.75) is 13.5 Å². The summed E-state index contributed by atoms with van der Waals surface area (Å²) in [6.07, 6.45) is 1.62. The average molecular weight is 391 g/mol. The molecule has 6 heteroatoms. The molecule has 0 aliphatic rings. The number of hydrogen-bond acceptors (Lipinski definition) is 5. The second-order valence-electron chi connectivity index (χ2n) is 6.55. The number of hydrogen-bond donors (Lipinski definition) is 2. The number of anilines is 1. The van der Waals surface area contributed by atoms with Crippen LogP contribution in [0, 0.1) is 6.92 Å². The summed E-state index contributed by atoms with van der Waals surface area (Å²) in [7, 11) is 1.63. The van der Waals surface area contributed by atoms with Gasteiger partial charge in [-0.1, -0.05) is 29.8 Å². The van der Waals surface area contributed by atoms with E-state index in [0.29, 0.717) is 31.1 Å². The van der Waals surface area contributed by atoms with Crippen molar-refractivity contribution in [3.8, 4) is 11.5 Å². The van der Waals surface area contributed by atoms with Gasteiger partial charge in [0.1, 0.15) is 23.9 Å². The van der Waals surface area contributed by atoms with Crippen molar-refractivity contribution in [2.24, 2.45) is 0 Å². The van der Waals surface area contributed by atoms with E-state index in [9.17, 15) is 4.79 Å². The van der Waals surface area contributed by atoms with Crippen molar-refractivity contribution < 1.29 is 14.3 Å². The highest BCUT2D eigenvalue weighted by molar-refractivity contribution is 5.94. The minimum atomic E-state index is -0.133. The van der Waals surface area contributed by atoms with Crippen molar-refractivity contribution in [1.29, 1.82) is 0 Å². The zero-order valence-electron chi connectivity index (χ0n) is 16.6. The number of benzene rings is 2. The van der Waals surface area contributed by atoms with E-state index in [-0.39, 0.29) is 5.91 Å². The molecule has 0 atom stereocenters. The van der Waals surface area contributed by atoms with Crippen LogP contribution in [0.15, 0.2) is 66.9 Å². The number of aryl methyl sites for hydroxylation is 1. The van der Waals surface area contributed by atoms with Crippen LogP contribution in [-0.4, -0.2) is 31.2 Å². The summed E-state index contributed by atoms with van der Waals surface area (Å²) in [5.74, 6) is 2.06. The maximum absolute atomic E-state index is 12.4. The van der Waals surface area contributed by atoms with Gasteiger partial charge in [-0.2, -0.15) is 0 Å². The molecular weight excluding hydrogens is 366 g/mol. The molecule has 0 aliphatic carbocycles. The molecule has 0 fully saturated rings. The number of ether oxygens (including phenoxy) is 2. The molecule has 150 valence electrons. The number of methoxy groups -OCH3 is 1. The third-order valence-corrected chi connectivity index (χ3v) is 4.29. The van der Waals surface area contributed by atoms with E-state index in [1.807, 2.05) is 49.4 Å². The summed E-state index contributed by atoms with van der Waals surface area (Å²) in [5.41, 5.74) is 2.80. The van der Waals surface area contributed by atoms with Crippen LogP contribution in [0.4, 0.5) is 5.82 Å². The quantitative estimate of drug-likeness (QED) is 0.543. The number of pyridine rings is 1. The fraction of sp³-hybridized carbons (Fsp3) is 0.217. The highest BCUT2D eigenvalue weighted by atomic mass is 16.5. The summed E-state index contributed by atoms with van der Waals surface area (Å²) in [6.45, 7) is 3.55. The molecule has 0 unspecified atom stereocenters. The Labute approximate surface area is 170 Å². The van der Waals surface area contributed by atoms with Crippen molar-refractivity contribution in [3.05, 3.63) is 83.6 Å². The highest BCUT2D eigenvalue weighted by Gasteiger charge is 2.07. The van der Waals surface area contributed by atoms with Gasteiger partial charge in [0.05, 0.1) is 13.7 Å². The van der Waals surface area contributed by atoms with Gasteiger partial charge >= 0.3 is 0 Å². The number of carbonyl (C=O) groups is 1. The third-order valence-electron chi connectivity index (χ3n) is 4.29. The lowest BCUT2D eigenvalue weighted by molar-refractivity contribution is 0.0951. The Morgan fingerprint density at radius 2 is 1.83 bits per heavy atom. The number of nitrogens with one attached hydrogen (secondary N) is 2. The van der Waals surface area contributed by atoms with Gasteiger partial charge in [-0.25, -0.2) is 4.98 Å². The van der Waals surface area contributed by atoms with Gasteiger partial charge in [-0.15, -0.1) is 0 Å². The molecule has 1 amide bonds. The number of carbonyl (C=O) groups excluding carboxylic acids is 1. The molecule has 0 spiro atoms. The second kappa shape index (κ2) is 10.1. The Bertz CT molecular complexity index is 942. The van der Waals surface area contributed by atoms with Gasteiger partial charge in [0.25, 0.3) is 5.91 Å². The maximum Gasteiger partial charge on any atom is 0.251 e. The summed E-state index contributed by atoms with van der Waals surface area (Å²) in [6, 6.07) is 18.9. The Morgan fingerprint density at radius 3 is 2.59 bits per heavy atom. The minimum absolute atomic E-state index is 0.133. The van der Waals surface area contributed by atoms with E-state index in [1.54, 1.807) is 25.4 Å². The monoisotopic (exact) mass is 391 g/mol. The lowest BCUT2D eigenvalue weighted by Crippen LogP contribution is -2.23. The molecular formula is C23H25N3O3. The Balaban J connectivity index is 1.46. The van der Waals surface area contributed by atoms with Gasteiger partial charge in [0.15, 0.2) is 0 Å². The molecule has 2 aromatic carbocycles. The van der Waals surface area contributed by atoms with E-state index in [4.69, 9.17) is 9.47 Å². The van der Waals surface area contributed by atoms with Crippen LogP contribution in [0.25, 0.3) is 0 Å². The number of amides is 1. The SMILES string of the molecule is COc1ccc(OCCNc2cc(C(=O)NCc3cccc(C)c3)ccn2)cc1. The minimum Gasteiger partial charge on any atom is -0.497 e. The summed E-state index contributed by atoms with van der Waals surface area (Å²) < 4.78 is 10.8. The normalized spacial score (nSPS) is 10.3. The summed E-state index contributed by atoms with van der Waals surface area (Å²) in [5, 5.41) is 6.11. The van der Waals surface area contributed by atoms with Crippen molar-refractivity contribution >= 4 is 11.7 Å². The second-order valence-corrected chi connectivity index (χ2v) is 6.55. The first-order valence-corrected chi connectivity index (χ1v) is 9.44. The van der Waals surface area contributed by atoms with Gasteiger partial charge in [-0.3, -0.25) is 4.79 Å². The van der Waals surface area contributed by atoms with Crippen LogP contribution in [-0.2, 0) is 6.54 Å². The van der Waals surface area contributed by atoms with Crippen LogP contribution >= 0.6 is 0 Å². The predicted octanol–water partition coefficient (Wildman–Crippen LogP) is 3.82. The Kier molecular flexibility index (Phi) is 7.05. The third kappa shape index (κ3) is 6.24. The predicted molar refractivity (Wildman–Crippen MR) is 114 cm³/mol. The fourth-order valence-electron chi connectivity index (χ4n) is 2.79. The first kappa shape index (κ1) is 20.2.